The molecule has 0 saturated heterocycles. The predicted molar refractivity (Wildman–Crippen MR) is 66.7 cm³/mol. The van der Waals surface area contributed by atoms with E-state index in [4.69, 9.17) is 4.74 Å². The van der Waals surface area contributed by atoms with Gasteiger partial charge in [-0.2, -0.15) is 0 Å². The van der Waals surface area contributed by atoms with Crippen molar-refractivity contribution in [1.29, 1.82) is 0 Å². The molecule has 5 heteroatoms. The lowest BCUT2D eigenvalue weighted by molar-refractivity contribution is -0.146. The quantitative estimate of drug-likeness (QED) is 0.585. The first-order chi connectivity index (χ1) is 9.16. The number of esters is 1. The van der Waals surface area contributed by atoms with Crippen LogP contribution in [0.4, 0.5) is 0 Å². The van der Waals surface area contributed by atoms with Gasteiger partial charge in [0.05, 0.1) is 6.42 Å². The topological polar surface area (TPSA) is 63.7 Å². The number of hydrogen-bond acceptors (Lipinski definition) is 4. The molecule has 0 saturated carbocycles. The predicted octanol–water partition coefficient (Wildman–Crippen LogP) is 1.04. The molecule has 1 aromatic carbocycles. The number of amides is 2. The lowest BCUT2D eigenvalue weighted by Crippen LogP contribution is -2.32. The summed E-state index contributed by atoms with van der Waals surface area (Å²) in [4.78, 5) is 35.0. The van der Waals surface area contributed by atoms with Gasteiger partial charge in [0.15, 0.2) is 0 Å². The molecule has 0 unspecified atom stereocenters. The monoisotopic (exact) mass is 259 g/mol. The Morgan fingerprint density at radius 2 is 1.68 bits per heavy atom. The summed E-state index contributed by atoms with van der Waals surface area (Å²) in [6.07, 6.45) is 2.39. The third-order valence-corrected chi connectivity index (χ3v) is 2.68. The van der Waals surface area contributed by atoms with E-state index in [1.54, 1.807) is 0 Å². The van der Waals surface area contributed by atoms with Gasteiger partial charge in [0.2, 0.25) is 0 Å². The minimum Gasteiger partial charge on any atom is -0.461 e. The van der Waals surface area contributed by atoms with Crippen molar-refractivity contribution in [2.24, 2.45) is 0 Å². The zero-order chi connectivity index (χ0) is 13.7. The van der Waals surface area contributed by atoms with Crippen LogP contribution in [0.15, 0.2) is 42.5 Å². The number of ether oxygens (including phenoxy) is 1. The van der Waals surface area contributed by atoms with Crippen molar-refractivity contribution in [3.05, 3.63) is 48.0 Å². The van der Waals surface area contributed by atoms with Crippen molar-refractivity contribution in [2.45, 2.75) is 13.0 Å². The van der Waals surface area contributed by atoms with Crippen LogP contribution in [0, 0.1) is 0 Å². The molecule has 2 amide bonds. The molecule has 0 aliphatic carbocycles. The molecule has 0 bridgehead atoms. The van der Waals surface area contributed by atoms with Gasteiger partial charge in [-0.05, 0) is 5.56 Å². The first-order valence-electron chi connectivity index (χ1n) is 5.90. The Bertz CT molecular complexity index is 504. The fourth-order valence-corrected chi connectivity index (χ4v) is 1.66. The largest absolute Gasteiger partial charge is 0.461 e. The summed E-state index contributed by atoms with van der Waals surface area (Å²) in [6.45, 7) is 0.248. The Hall–Kier alpha value is -2.43. The molecular formula is C14H13NO4. The van der Waals surface area contributed by atoms with Crippen molar-refractivity contribution in [3.63, 3.8) is 0 Å². The summed E-state index contributed by atoms with van der Waals surface area (Å²) in [5, 5.41) is 0. The lowest BCUT2D eigenvalue weighted by Gasteiger charge is -2.12. The second-order valence-electron chi connectivity index (χ2n) is 4.06. The molecule has 19 heavy (non-hydrogen) atoms. The standard InChI is InChI=1S/C14H13NO4/c16-12-6-7-13(17)15(12)9-8-14(18)19-10-11-4-2-1-3-5-11/h1-7H,8-10H2. The first kappa shape index (κ1) is 13.0. The van der Waals surface area contributed by atoms with E-state index in [1.807, 2.05) is 30.3 Å². The van der Waals surface area contributed by atoms with Crippen molar-refractivity contribution in [2.75, 3.05) is 6.54 Å². The van der Waals surface area contributed by atoms with Crippen LogP contribution in [0.5, 0.6) is 0 Å². The molecule has 1 aromatic rings. The summed E-state index contributed by atoms with van der Waals surface area (Å²) in [5.74, 6) is -1.21. The van der Waals surface area contributed by atoms with Crippen LogP contribution in [0.1, 0.15) is 12.0 Å². The Labute approximate surface area is 110 Å². The van der Waals surface area contributed by atoms with Gasteiger partial charge in [0, 0.05) is 18.7 Å². The number of carbonyl (C=O) groups excluding carboxylic acids is 3. The van der Waals surface area contributed by atoms with Crippen LogP contribution in [0.25, 0.3) is 0 Å². The van der Waals surface area contributed by atoms with Gasteiger partial charge in [-0.3, -0.25) is 19.3 Å². The first-order valence-corrected chi connectivity index (χ1v) is 5.90. The molecule has 0 fully saturated rings. The highest BCUT2D eigenvalue weighted by atomic mass is 16.5. The van der Waals surface area contributed by atoms with Crippen LogP contribution in [-0.2, 0) is 25.7 Å². The maximum atomic E-state index is 11.5. The SMILES string of the molecule is O=C(CCN1C(=O)C=CC1=O)OCc1ccccc1. The molecule has 1 heterocycles. The number of hydrogen-bond donors (Lipinski definition) is 0. The molecular weight excluding hydrogens is 246 g/mol. The molecule has 0 aromatic heterocycles. The smallest absolute Gasteiger partial charge is 0.307 e. The molecule has 0 N–H and O–H groups in total. The number of benzene rings is 1. The minimum absolute atomic E-state index is 0.00595. The van der Waals surface area contributed by atoms with E-state index in [-0.39, 0.29) is 31.4 Å². The fourth-order valence-electron chi connectivity index (χ4n) is 1.66. The minimum atomic E-state index is -0.434. The summed E-state index contributed by atoms with van der Waals surface area (Å²) >= 11 is 0. The summed E-state index contributed by atoms with van der Waals surface area (Å²) in [7, 11) is 0. The van der Waals surface area contributed by atoms with Crippen molar-refractivity contribution in [1.82, 2.24) is 4.90 Å². The Kier molecular flexibility index (Phi) is 4.07. The summed E-state index contributed by atoms with van der Waals surface area (Å²) < 4.78 is 5.05. The maximum Gasteiger partial charge on any atom is 0.307 e. The zero-order valence-electron chi connectivity index (χ0n) is 10.2. The van der Waals surface area contributed by atoms with Gasteiger partial charge in [-0.25, -0.2) is 0 Å². The number of rotatable bonds is 5. The van der Waals surface area contributed by atoms with Gasteiger partial charge in [-0.15, -0.1) is 0 Å². The normalized spacial score (nSPS) is 14.0. The van der Waals surface area contributed by atoms with E-state index >= 15 is 0 Å². The molecule has 0 radical (unpaired) electrons. The van der Waals surface area contributed by atoms with Gasteiger partial charge >= 0.3 is 5.97 Å². The van der Waals surface area contributed by atoms with Gasteiger partial charge in [-0.1, -0.05) is 30.3 Å². The molecule has 2 rings (SSSR count). The molecule has 1 aliphatic heterocycles. The number of carbonyl (C=O) groups is 3. The van der Waals surface area contributed by atoms with Crippen molar-refractivity contribution >= 4 is 17.8 Å². The van der Waals surface area contributed by atoms with E-state index in [0.717, 1.165) is 10.5 Å². The van der Waals surface area contributed by atoms with Gasteiger partial charge in [0.25, 0.3) is 11.8 Å². The molecule has 98 valence electrons. The average Bonchev–Trinajstić information content (AvgIpc) is 2.75. The lowest BCUT2D eigenvalue weighted by atomic mass is 10.2. The molecule has 5 nitrogen and oxygen atoms in total. The number of imide groups is 1. The van der Waals surface area contributed by atoms with Crippen LogP contribution in [-0.4, -0.2) is 29.2 Å². The van der Waals surface area contributed by atoms with E-state index in [2.05, 4.69) is 0 Å². The van der Waals surface area contributed by atoms with Crippen LogP contribution in [0.3, 0.4) is 0 Å². The van der Waals surface area contributed by atoms with E-state index in [9.17, 15) is 14.4 Å². The van der Waals surface area contributed by atoms with Gasteiger partial charge < -0.3 is 4.74 Å². The molecule has 1 aliphatic rings. The van der Waals surface area contributed by atoms with Gasteiger partial charge in [0.1, 0.15) is 6.61 Å². The number of nitrogens with zero attached hydrogens (tertiary/aromatic N) is 1. The maximum absolute atomic E-state index is 11.5. The second kappa shape index (κ2) is 5.95. The second-order valence-corrected chi connectivity index (χ2v) is 4.06. The van der Waals surface area contributed by atoms with Crippen LogP contribution >= 0.6 is 0 Å². The Morgan fingerprint density at radius 1 is 1.05 bits per heavy atom. The summed E-state index contributed by atoms with van der Waals surface area (Å²) in [6, 6.07) is 9.30. The van der Waals surface area contributed by atoms with Crippen LogP contribution in [0.2, 0.25) is 0 Å². The highest BCUT2D eigenvalue weighted by Crippen LogP contribution is 2.06. The van der Waals surface area contributed by atoms with E-state index in [0.29, 0.717) is 0 Å². The molecule has 0 atom stereocenters. The molecule has 0 spiro atoms. The van der Waals surface area contributed by atoms with Crippen molar-refractivity contribution in [3.8, 4) is 0 Å². The zero-order valence-corrected chi connectivity index (χ0v) is 10.2. The average molecular weight is 259 g/mol. The van der Waals surface area contributed by atoms with Crippen molar-refractivity contribution < 1.29 is 19.1 Å². The Balaban J connectivity index is 1.73. The van der Waals surface area contributed by atoms with E-state index < -0.39 is 5.97 Å². The highest BCUT2D eigenvalue weighted by molar-refractivity contribution is 6.12. The third kappa shape index (κ3) is 3.51. The summed E-state index contributed by atoms with van der Waals surface area (Å²) in [5.41, 5.74) is 0.894. The highest BCUT2D eigenvalue weighted by Gasteiger charge is 2.23. The van der Waals surface area contributed by atoms with Crippen LogP contribution < -0.4 is 0 Å². The van der Waals surface area contributed by atoms with E-state index in [1.165, 1.54) is 12.2 Å². The third-order valence-electron chi connectivity index (χ3n) is 2.68. The Morgan fingerprint density at radius 3 is 2.32 bits per heavy atom. The fraction of sp³-hybridized carbons (Fsp3) is 0.214.